The normalized spacial score (nSPS) is 10.9. The first-order valence-corrected chi connectivity index (χ1v) is 6.12. The van der Waals surface area contributed by atoms with Crippen LogP contribution >= 0.6 is 0 Å². The third-order valence-electron chi connectivity index (χ3n) is 2.98. The third kappa shape index (κ3) is 2.93. The van der Waals surface area contributed by atoms with E-state index in [0.717, 1.165) is 5.56 Å². The lowest BCUT2D eigenvalue weighted by molar-refractivity contribution is 0.0690. The highest BCUT2D eigenvalue weighted by molar-refractivity contribution is 5.91. The largest absolute Gasteiger partial charge is 0.476 e. The molecule has 100 valence electrons. The molecule has 0 radical (unpaired) electrons. The van der Waals surface area contributed by atoms with Gasteiger partial charge in [0.25, 0.3) is 0 Å². The molecule has 0 saturated carbocycles. The Bertz CT molecular complexity index is 585. The van der Waals surface area contributed by atoms with Gasteiger partial charge in [-0.2, -0.15) is 5.10 Å². The topological polar surface area (TPSA) is 81.1 Å². The Hall–Kier alpha value is -2.30. The van der Waals surface area contributed by atoms with Gasteiger partial charge in [0, 0.05) is 6.20 Å². The van der Waals surface area contributed by atoms with Crippen LogP contribution in [0.1, 0.15) is 41.4 Å². The highest BCUT2D eigenvalue weighted by Crippen LogP contribution is 2.16. The first-order chi connectivity index (χ1) is 8.97. The van der Waals surface area contributed by atoms with Crippen LogP contribution in [0.15, 0.2) is 30.5 Å². The molecule has 2 rings (SSSR count). The van der Waals surface area contributed by atoms with E-state index in [9.17, 15) is 4.79 Å². The lowest BCUT2D eigenvalue weighted by atomic mass is 10.0. The van der Waals surface area contributed by atoms with Gasteiger partial charge >= 0.3 is 5.97 Å². The van der Waals surface area contributed by atoms with Crippen LogP contribution in [0, 0.1) is 0 Å². The smallest absolute Gasteiger partial charge is 0.358 e. The van der Waals surface area contributed by atoms with Crippen LogP contribution in [0.25, 0.3) is 0 Å². The summed E-state index contributed by atoms with van der Waals surface area (Å²) in [5, 5.41) is 12.8. The quantitative estimate of drug-likeness (QED) is 0.883. The number of aromatic carboxylic acids is 1. The van der Waals surface area contributed by atoms with Gasteiger partial charge < -0.3 is 10.8 Å². The maximum Gasteiger partial charge on any atom is 0.358 e. The second-order valence-corrected chi connectivity index (χ2v) is 4.83. The molecule has 5 heteroatoms. The van der Waals surface area contributed by atoms with Gasteiger partial charge in [0.2, 0.25) is 0 Å². The molecule has 19 heavy (non-hydrogen) atoms. The van der Waals surface area contributed by atoms with Crippen molar-refractivity contribution < 1.29 is 9.90 Å². The van der Waals surface area contributed by atoms with Crippen molar-refractivity contribution in [2.24, 2.45) is 0 Å². The summed E-state index contributed by atoms with van der Waals surface area (Å²) in [6.07, 6.45) is 1.54. The summed E-state index contributed by atoms with van der Waals surface area (Å²) in [6.45, 7) is 4.79. The van der Waals surface area contributed by atoms with Gasteiger partial charge in [-0.1, -0.05) is 38.1 Å². The van der Waals surface area contributed by atoms with Gasteiger partial charge in [-0.25, -0.2) is 4.79 Å². The molecular formula is C14H17N3O2. The molecule has 2 aromatic rings. The van der Waals surface area contributed by atoms with E-state index in [-0.39, 0.29) is 11.4 Å². The second-order valence-electron chi connectivity index (χ2n) is 4.83. The van der Waals surface area contributed by atoms with Crippen LogP contribution < -0.4 is 5.73 Å². The number of rotatable bonds is 4. The van der Waals surface area contributed by atoms with Crippen molar-refractivity contribution in [2.75, 3.05) is 5.73 Å². The summed E-state index contributed by atoms with van der Waals surface area (Å²) in [7, 11) is 0. The number of hydrogen-bond acceptors (Lipinski definition) is 3. The van der Waals surface area contributed by atoms with Crippen molar-refractivity contribution >= 4 is 11.7 Å². The average Bonchev–Trinajstić information content (AvgIpc) is 2.71. The molecule has 0 saturated heterocycles. The van der Waals surface area contributed by atoms with Crippen molar-refractivity contribution in [1.82, 2.24) is 9.78 Å². The van der Waals surface area contributed by atoms with Gasteiger partial charge in [0.1, 0.15) is 0 Å². The first-order valence-electron chi connectivity index (χ1n) is 6.12. The minimum atomic E-state index is -1.11. The maximum absolute atomic E-state index is 10.9. The van der Waals surface area contributed by atoms with Crippen LogP contribution in [0.4, 0.5) is 5.69 Å². The minimum absolute atomic E-state index is 0.0983. The standard InChI is InChI=1S/C14H17N3O2/c1-9(2)11-5-3-10(4-6-11)7-17-8-12(15)13(16-17)14(18)19/h3-6,8-9H,7,15H2,1-2H3,(H,18,19). The van der Waals surface area contributed by atoms with E-state index in [2.05, 4.69) is 31.1 Å². The Kier molecular flexibility index (Phi) is 3.55. The molecule has 0 aliphatic carbocycles. The van der Waals surface area contributed by atoms with Crippen LogP contribution in [-0.2, 0) is 6.54 Å². The molecule has 0 aliphatic rings. The van der Waals surface area contributed by atoms with Gasteiger partial charge in [0.05, 0.1) is 12.2 Å². The number of carboxylic acid groups (broad SMARTS) is 1. The molecule has 3 N–H and O–H groups in total. The molecule has 0 unspecified atom stereocenters. The van der Waals surface area contributed by atoms with Crippen molar-refractivity contribution in [1.29, 1.82) is 0 Å². The molecule has 0 spiro atoms. The van der Waals surface area contributed by atoms with Crippen molar-refractivity contribution in [3.05, 3.63) is 47.3 Å². The molecule has 0 atom stereocenters. The molecule has 1 heterocycles. The van der Waals surface area contributed by atoms with E-state index in [4.69, 9.17) is 10.8 Å². The summed E-state index contributed by atoms with van der Waals surface area (Å²) in [5.41, 5.74) is 8.02. The van der Waals surface area contributed by atoms with Crippen LogP contribution in [0.5, 0.6) is 0 Å². The Labute approximate surface area is 111 Å². The molecule has 1 aromatic heterocycles. The number of hydrogen-bond donors (Lipinski definition) is 2. The Morgan fingerprint density at radius 2 is 2.00 bits per heavy atom. The third-order valence-corrected chi connectivity index (χ3v) is 2.98. The Balaban J connectivity index is 2.17. The van der Waals surface area contributed by atoms with E-state index in [0.29, 0.717) is 12.5 Å². The van der Waals surface area contributed by atoms with E-state index in [1.807, 2.05) is 12.1 Å². The van der Waals surface area contributed by atoms with Gasteiger partial charge in [0.15, 0.2) is 5.69 Å². The summed E-state index contributed by atoms with van der Waals surface area (Å²) in [5.74, 6) is -0.612. The summed E-state index contributed by atoms with van der Waals surface area (Å²) < 4.78 is 1.54. The number of carboxylic acids is 1. The predicted molar refractivity (Wildman–Crippen MR) is 73.2 cm³/mol. The summed E-state index contributed by atoms with van der Waals surface area (Å²) in [4.78, 5) is 10.9. The van der Waals surface area contributed by atoms with Crippen LogP contribution in [0.3, 0.4) is 0 Å². The second kappa shape index (κ2) is 5.14. The van der Waals surface area contributed by atoms with Gasteiger partial charge in [-0.15, -0.1) is 0 Å². The van der Waals surface area contributed by atoms with Crippen LogP contribution in [0.2, 0.25) is 0 Å². The number of anilines is 1. The van der Waals surface area contributed by atoms with E-state index in [1.165, 1.54) is 5.56 Å². The van der Waals surface area contributed by atoms with Gasteiger partial charge in [-0.3, -0.25) is 4.68 Å². The fourth-order valence-corrected chi connectivity index (χ4v) is 1.88. The molecule has 5 nitrogen and oxygen atoms in total. The predicted octanol–water partition coefficient (Wildman–Crippen LogP) is 2.34. The molecule has 0 bridgehead atoms. The Morgan fingerprint density at radius 3 is 2.47 bits per heavy atom. The average molecular weight is 259 g/mol. The SMILES string of the molecule is CC(C)c1ccc(Cn2cc(N)c(C(=O)O)n2)cc1. The van der Waals surface area contributed by atoms with E-state index in [1.54, 1.807) is 10.9 Å². The molecule has 0 aliphatic heterocycles. The first kappa shape index (κ1) is 13.1. The fraction of sp³-hybridized carbons (Fsp3) is 0.286. The van der Waals surface area contributed by atoms with Crippen molar-refractivity contribution in [2.45, 2.75) is 26.3 Å². The zero-order valence-corrected chi connectivity index (χ0v) is 11.0. The number of nitrogen functional groups attached to an aromatic ring is 1. The molecule has 1 aromatic carbocycles. The summed E-state index contributed by atoms with van der Waals surface area (Å²) >= 11 is 0. The summed E-state index contributed by atoms with van der Waals surface area (Å²) in [6, 6.07) is 8.19. The lowest BCUT2D eigenvalue weighted by Gasteiger charge is -2.07. The molecule has 0 fully saturated rings. The number of nitrogens with two attached hydrogens (primary N) is 1. The van der Waals surface area contributed by atoms with Crippen LogP contribution in [-0.4, -0.2) is 20.9 Å². The van der Waals surface area contributed by atoms with Crippen molar-refractivity contribution in [3.8, 4) is 0 Å². The maximum atomic E-state index is 10.9. The highest BCUT2D eigenvalue weighted by Gasteiger charge is 2.13. The number of benzene rings is 1. The highest BCUT2D eigenvalue weighted by atomic mass is 16.4. The number of nitrogens with zero attached hydrogens (tertiary/aromatic N) is 2. The van der Waals surface area contributed by atoms with Crippen molar-refractivity contribution in [3.63, 3.8) is 0 Å². The number of aromatic nitrogens is 2. The Morgan fingerprint density at radius 1 is 1.37 bits per heavy atom. The number of carbonyl (C=O) groups is 1. The lowest BCUT2D eigenvalue weighted by Crippen LogP contribution is -2.04. The zero-order valence-electron chi connectivity index (χ0n) is 11.0. The molecule has 0 amide bonds. The van der Waals surface area contributed by atoms with Gasteiger partial charge in [-0.05, 0) is 17.0 Å². The monoisotopic (exact) mass is 259 g/mol. The fourth-order valence-electron chi connectivity index (χ4n) is 1.88. The minimum Gasteiger partial charge on any atom is -0.476 e. The molecular weight excluding hydrogens is 242 g/mol. The van der Waals surface area contributed by atoms with E-state index >= 15 is 0 Å². The van der Waals surface area contributed by atoms with E-state index < -0.39 is 5.97 Å². The zero-order chi connectivity index (χ0) is 14.0.